The number of benzene rings is 1. The van der Waals surface area contributed by atoms with Crippen LogP contribution in [0.5, 0.6) is 0 Å². The maximum absolute atomic E-state index is 14.0. The van der Waals surface area contributed by atoms with Crippen molar-refractivity contribution in [2.75, 3.05) is 0 Å². The molecule has 0 bridgehead atoms. The Labute approximate surface area is 119 Å². The lowest BCUT2D eigenvalue weighted by Crippen LogP contribution is -2.02. The highest BCUT2D eigenvalue weighted by molar-refractivity contribution is 6.31. The fourth-order valence-corrected chi connectivity index (χ4v) is 2.42. The van der Waals surface area contributed by atoms with Crippen LogP contribution in [0.3, 0.4) is 0 Å². The number of rotatable bonds is 2. The van der Waals surface area contributed by atoms with Gasteiger partial charge in [-0.2, -0.15) is 5.26 Å². The van der Waals surface area contributed by atoms with Crippen LogP contribution < -0.4 is 0 Å². The highest BCUT2D eigenvalue weighted by Gasteiger charge is 2.11. The number of hydrogen-bond acceptors (Lipinski definition) is 2. The maximum Gasteiger partial charge on any atom is 0.131 e. The largest absolute Gasteiger partial charge is 0.342 e. The van der Waals surface area contributed by atoms with Crippen LogP contribution in [0, 0.1) is 17.1 Å². The Kier molecular flexibility index (Phi) is 3.13. The van der Waals surface area contributed by atoms with E-state index in [1.54, 1.807) is 6.20 Å². The minimum Gasteiger partial charge on any atom is -0.342 e. The number of hydrogen-bond donors (Lipinski definition) is 0. The van der Waals surface area contributed by atoms with E-state index in [1.807, 2.05) is 35.0 Å². The van der Waals surface area contributed by atoms with Crippen molar-refractivity contribution in [3.05, 3.63) is 64.7 Å². The van der Waals surface area contributed by atoms with E-state index in [0.29, 0.717) is 12.1 Å². The van der Waals surface area contributed by atoms with E-state index in [4.69, 9.17) is 16.9 Å². The summed E-state index contributed by atoms with van der Waals surface area (Å²) in [6, 6.07) is 10.2. The number of nitrogens with zero attached hydrogens (tertiary/aromatic N) is 3. The van der Waals surface area contributed by atoms with E-state index in [2.05, 4.69) is 4.98 Å². The van der Waals surface area contributed by atoms with Gasteiger partial charge < -0.3 is 4.57 Å². The molecule has 0 amide bonds. The van der Waals surface area contributed by atoms with Gasteiger partial charge in [0, 0.05) is 23.0 Å². The number of fused-ring (bicyclic) bond motifs is 1. The third kappa shape index (κ3) is 2.13. The molecule has 0 aliphatic heterocycles. The fraction of sp³-hybridized carbons (Fsp3) is 0.0667. The molecule has 0 saturated carbocycles. The molecule has 3 aromatic rings. The van der Waals surface area contributed by atoms with Crippen LogP contribution in [-0.4, -0.2) is 9.55 Å². The van der Waals surface area contributed by atoms with Crippen molar-refractivity contribution in [1.82, 2.24) is 9.55 Å². The first-order chi connectivity index (χ1) is 9.69. The lowest BCUT2D eigenvalue weighted by atomic mass is 10.1. The van der Waals surface area contributed by atoms with Crippen LogP contribution in [-0.2, 0) is 6.54 Å². The lowest BCUT2D eigenvalue weighted by molar-refractivity contribution is 0.601. The van der Waals surface area contributed by atoms with E-state index < -0.39 is 5.82 Å². The van der Waals surface area contributed by atoms with Crippen LogP contribution in [0.2, 0.25) is 5.02 Å². The van der Waals surface area contributed by atoms with Crippen molar-refractivity contribution >= 4 is 22.6 Å². The second kappa shape index (κ2) is 4.95. The van der Waals surface area contributed by atoms with Crippen molar-refractivity contribution in [3.8, 4) is 6.07 Å². The van der Waals surface area contributed by atoms with Gasteiger partial charge in [0.15, 0.2) is 0 Å². The zero-order valence-electron chi connectivity index (χ0n) is 10.3. The zero-order valence-corrected chi connectivity index (χ0v) is 11.1. The van der Waals surface area contributed by atoms with E-state index in [-0.39, 0.29) is 10.6 Å². The molecule has 0 N–H and O–H groups in total. The average Bonchev–Trinajstić information content (AvgIpc) is 2.86. The van der Waals surface area contributed by atoms with Gasteiger partial charge in [0.2, 0.25) is 0 Å². The molecule has 0 fully saturated rings. The molecule has 0 unspecified atom stereocenters. The number of aromatic nitrogens is 2. The molecule has 0 atom stereocenters. The first-order valence-corrected chi connectivity index (χ1v) is 6.34. The summed E-state index contributed by atoms with van der Waals surface area (Å²) in [5.74, 6) is -0.472. The summed E-state index contributed by atoms with van der Waals surface area (Å²) >= 11 is 6.06. The molecule has 0 aliphatic carbocycles. The van der Waals surface area contributed by atoms with Crippen molar-refractivity contribution in [2.24, 2.45) is 0 Å². The second-order valence-electron chi connectivity index (χ2n) is 4.38. The molecule has 98 valence electrons. The molecule has 0 saturated heterocycles. The molecule has 0 spiro atoms. The smallest absolute Gasteiger partial charge is 0.131 e. The highest BCUT2D eigenvalue weighted by Crippen LogP contribution is 2.24. The minimum absolute atomic E-state index is 0.218. The Morgan fingerprint density at radius 3 is 2.95 bits per heavy atom. The predicted molar refractivity (Wildman–Crippen MR) is 75.0 cm³/mol. The summed E-state index contributed by atoms with van der Waals surface area (Å²) in [6.45, 7) is 0.297. The summed E-state index contributed by atoms with van der Waals surface area (Å²) in [5.41, 5.74) is 2.34. The van der Waals surface area contributed by atoms with Crippen LogP contribution in [0.4, 0.5) is 4.39 Å². The molecule has 3 nitrogen and oxygen atoms in total. The quantitative estimate of drug-likeness (QED) is 0.719. The Hall–Kier alpha value is -2.38. The van der Waals surface area contributed by atoms with Gasteiger partial charge in [-0.1, -0.05) is 11.6 Å². The van der Waals surface area contributed by atoms with Gasteiger partial charge >= 0.3 is 0 Å². The van der Waals surface area contributed by atoms with E-state index >= 15 is 0 Å². The molecule has 1 aromatic carbocycles. The first kappa shape index (κ1) is 12.6. The second-order valence-corrected chi connectivity index (χ2v) is 4.79. The standard InChI is InChI=1S/C15H9ClFN3/c16-12-6-10(8-18)7-13(17)11(12)9-20-5-3-14-15(20)2-1-4-19-14/h1-7H,9H2. The van der Waals surface area contributed by atoms with Gasteiger partial charge in [0.05, 0.1) is 29.2 Å². The van der Waals surface area contributed by atoms with Gasteiger partial charge in [-0.05, 0) is 30.3 Å². The SMILES string of the molecule is N#Cc1cc(F)c(Cn2ccc3ncccc32)c(Cl)c1. The fourth-order valence-electron chi connectivity index (χ4n) is 2.15. The molecule has 2 aromatic heterocycles. The average molecular weight is 286 g/mol. The van der Waals surface area contributed by atoms with Crippen LogP contribution in [0.1, 0.15) is 11.1 Å². The molecule has 0 radical (unpaired) electrons. The highest BCUT2D eigenvalue weighted by atomic mass is 35.5. The maximum atomic E-state index is 14.0. The zero-order chi connectivity index (χ0) is 14.1. The van der Waals surface area contributed by atoms with E-state index in [9.17, 15) is 4.39 Å². The van der Waals surface area contributed by atoms with Gasteiger partial charge in [0.25, 0.3) is 0 Å². The Morgan fingerprint density at radius 2 is 2.20 bits per heavy atom. The van der Waals surface area contributed by atoms with Crippen molar-refractivity contribution in [2.45, 2.75) is 6.54 Å². The Bertz CT molecular complexity index is 809. The molecular formula is C15H9ClFN3. The van der Waals surface area contributed by atoms with E-state index in [1.165, 1.54) is 12.1 Å². The third-order valence-corrected chi connectivity index (χ3v) is 3.47. The molecule has 20 heavy (non-hydrogen) atoms. The monoisotopic (exact) mass is 285 g/mol. The van der Waals surface area contributed by atoms with Crippen LogP contribution in [0.25, 0.3) is 11.0 Å². The summed E-state index contributed by atoms with van der Waals surface area (Å²) in [7, 11) is 0. The number of halogens is 2. The molecule has 3 rings (SSSR count). The van der Waals surface area contributed by atoms with Gasteiger partial charge in [-0.3, -0.25) is 4.98 Å². The normalized spacial score (nSPS) is 10.7. The molecular weight excluding hydrogens is 277 g/mol. The van der Waals surface area contributed by atoms with Crippen molar-refractivity contribution in [1.29, 1.82) is 5.26 Å². The van der Waals surface area contributed by atoms with Crippen LogP contribution in [0.15, 0.2) is 42.7 Å². The van der Waals surface area contributed by atoms with Gasteiger partial charge in [0.1, 0.15) is 5.82 Å². The summed E-state index contributed by atoms with van der Waals surface area (Å²) in [4.78, 5) is 4.23. The Balaban J connectivity index is 2.06. The topological polar surface area (TPSA) is 41.6 Å². The number of nitriles is 1. The minimum atomic E-state index is -0.472. The Morgan fingerprint density at radius 1 is 1.35 bits per heavy atom. The third-order valence-electron chi connectivity index (χ3n) is 3.14. The van der Waals surface area contributed by atoms with Crippen molar-refractivity contribution in [3.63, 3.8) is 0 Å². The lowest BCUT2D eigenvalue weighted by Gasteiger charge is -2.09. The van der Waals surface area contributed by atoms with Gasteiger partial charge in [-0.15, -0.1) is 0 Å². The summed E-state index contributed by atoms with van der Waals surface area (Å²) < 4.78 is 15.9. The summed E-state index contributed by atoms with van der Waals surface area (Å²) in [6.07, 6.45) is 3.55. The van der Waals surface area contributed by atoms with E-state index in [0.717, 1.165) is 11.0 Å². The first-order valence-electron chi connectivity index (χ1n) is 5.97. The number of pyridine rings is 1. The molecule has 5 heteroatoms. The molecule has 0 aliphatic rings. The predicted octanol–water partition coefficient (Wildman–Crippen LogP) is 3.75. The molecule has 2 heterocycles. The van der Waals surface area contributed by atoms with Gasteiger partial charge in [-0.25, -0.2) is 4.39 Å². The van der Waals surface area contributed by atoms with Crippen molar-refractivity contribution < 1.29 is 4.39 Å². The summed E-state index contributed by atoms with van der Waals surface area (Å²) in [5, 5.41) is 9.04. The van der Waals surface area contributed by atoms with Crippen LogP contribution >= 0.6 is 11.6 Å².